The van der Waals surface area contributed by atoms with Gasteiger partial charge in [-0.1, -0.05) is 48.5 Å². The maximum atomic E-state index is 14.0. The normalized spacial score (nSPS) is 12.1. The molecule has 0 aliphatic rings. The molecule has 0 radical (unpaired) electrons. The second-order valence-electron chi connectivity index (χ2n) is 6.77. The average molecular weight is 362 g/mol. The standard InChI is InChI=1S/C21H21F3O2/c1-14(25)12-16-4-8-18(9-5-16)20(3,21(22,23)24)19-10-6-17(7-11-19)13-15(2)26/h4-11H,12-13H2,1-3H3. The number of hydrogen-bond donors (Lipinski definition) is 0. The molecule has 138 valence electrons. The molecule has 0 aliphatic heterocycles. The number of Topliss-reactive ketones (excluding diaryl/α,β-unsaturated/α-hetero) is 2. The minimum atomic E-state index is -4.50. The van der Waals surface area contributed by atoms with Crippen LogP contribution >= 0.6 is 0 Å². The topological polar surface area (TPSA) is 34.1 Å². The molecule has 0 amide bonds. The van der Waals surface area contributed by atoms with Crippen LogP contribution in [0, 0.1) is 0 Å². The highest BCUT2D eigenvalue weighted by atomic mass is 19.4. The van der Waals surface area contributed by atoms with Crippen molar-refractivity contribution in [2.75, 3.05) is 0 Å². The number of carbonyl (C=O) groups excluding carboxylic acids is 2. The molecule has 0 aromatic heterocycles. The lowest BCUT2D eigenvalue weighted by molar-refractivity contribution is -0.173. The number of ketones is 2. The molecule has 0 aliphatic carbocycles. The number of hydrogen-bond acceptors (Lipinski definition) is 2. The van der Waals surface area contributed by atoms with E-state index in [2.05, 4.69) is 0 Å². The summed E-state index contributed by atoms with van der Waals surface area (Å²) in [6.45, 7) is 4.03. The third-order valence-corrected chi connectivity index (χ3v) is 4.54. The average Bonchev–Trinajstić information content (AvgIpc) is 2.53. The van der Waals surface area contributed by atoms with Gasteiger partial charge in [0.25, 0.3) is 0 Å². The van der Waals surface area contributed by atoms with E-state index in [1.54, 1.807) is 24.3 Å². The number of alkyl halides is 3. The first-order valence-electron chi connectivity index (χ1n) is 8.28. The summed E-state index contributed by atoms with van der Waals surface area (Å²) in [6.07, 6.45) is -4.11. The summed E-state index contributed by atoms with van der Waals surface area (Å²) in [5.74, 6) is -0.0882. The summed E-state index contributed by atoms with van der Waals surface area (Å²) in [5, 5.41) is 0. The van der Waals surface area contributed by atoms with Crippen molar-refractivity contribution in [3.63, 3.8) is 0 Å². The minimum absolute atomic E-state index is 0.0441. The lowest BCUT2D eigenvalue weighted by Crippen LogP contribution is -2.40. The van der Waals surface area contributed by atoms with Crippen LogP contribution in [-0.2, 0) is 27.8 Å². The van der Waals surface area contributed by atoms with Crippen molar-refractivity contribution < 1.29 is 22.8 Å². The van der Waals surface area contributed by atoms with E-state index in [1.807, 2.05) is 0 Å². The molecular weight excluding hydrogens is 341 g/mol. The summed E-state index contributed by atoms with van der Waals surface area (Å²) < 4.78 is 42.0. The van der Waals surface area contributed by atoms with Crippen LogP contribution in [-0.4, -0.2) is 17.7 Å². The van der Waals surface area contributed by atoms with Crippen LogP contribution < -0.4 is 0 Å². The van der Waals surface area contributed by atoms with E-state index >= 15 is 0 Å². The Morgan fingerprint density at radius 3 is 1.27 bits per heavy atom. The number of halogens is 3. The summed E-state index contributed by atoms with van der Waals surface area (Å²) in [6, 6.07) is 11.9. The van der Waals surface area contributed by atoms with Crippen LogP contribution in [0.25, 0.3) is 0 Å². The Morgan fingerprint density at radius 2 is 1.04 bits per heavy atom. The van der Waals surface area contributed by atoms with Crippen LogP contribution in [0.5, 0.6) is 0 Å². The van der Waals surface area contributed by atoms with Crippen molar-refractivity contribution in [2.45, 2.75) is 45.2 Å². The molecule has 2 nitrogen and oxygen atoms in total. The molecule has 0 fully saturated rings. The minimum Gasteiger partial charge on any atom is -0.300 e. The quantitative estimate of drug-likeness (QED) is 0.738. The molecule has 0 spiro atoms. The van der Waals surface area contributed by atoms with Gasteiger partial charge >= 0.3 is 6.18 Å². The van der Waals surface area contributed by atoms with Gasteiger partial charge in [-0.3, -0.25) is 9.59 Å². The van der Waals surface area contributed by atoms with E-state index in [-0.39, 0.29) is 35.5 Å². The second-order valence-corrected chi connectivity index (χ2v) is 6.77. The molecule has 2 rings (SSSR count). The van der Waals surface area contributed by atoms with E-state index in [0.29, 0.717) is 11.1 Å². The third kappa shape index (κ3) is 4.21. The molecule has 0 heterocycles. The Bertz CT molecular complexity index is 728. The van der Waals surface area contributed by atoms with Gasteiger partial charge in [0.1, 0.15) is 17.0 Å². The van der Waals surface area contributed by atoms with Gasteiger partial charge in [0, 0.05) is 12.8 Å². The number of rotatable bonds is 6. The number of benzene rings is 2. The maximum Gasteiger partial charge on any atom is 0.402 e. The zero-order chi connectivity index (χ0) is 19.5. The third-order valence-electron chi connectivity index (χ3n) is 4.54. The van der Waals surface area contributed by atoms with Crippen LogP contribution in [0.2, 0.25) is 0 Å². The maximum absolute atomic E-state index is 14.0. The van der Waals surface area contributed by atoms with Gasteiger partial charge in [-0.2, -0.15) is 13.2 Å². The smallest absolute Gasteiger partial charge is 0.300 e. The molecule has 0 unspecified atom stereocenters. The SMILES string of the molecule is CC(=O)Cc1ccc(C(C)(c2ccc(CC(C)=O)cc2)C(F)(F)F)cc1. The highest BCUT2D eigenvalue weighted by Gasteiger charge is 2.53. The first kappa shape index (κ1) is 19.9. The zero-order valence-corrected chi connectivity index (χ0v) is 15.0. The first-order chi connectivity index (χ1) is 12.0. The summed E-state index contributed by atoms with van der Waals surface area (Å²) >= 11 is 0. The van der Waals surface area contributed by atoms with Crippen molar-refractivity contribution in [3.05, 3.63) is 70.8 Å². The summed E-state index contributed by atoms with van der Waals surface area (Å²) in [4.78, 5) is 22.4. The fourth-order valence-corrected chi connectivity index (χ4v) is 2.98. The van der Waals surface area contributed by atoms with E-state index in [9.17, 15) is 22.8 Å². The van der Waals surface area contributed by atoms with Crippen LogP contribution in [0.1, 0.15) is 43.0 Å². The fourth-order valence-electron chi connectivity index (χ4n) is 2.98. The van der Waals surface area contributed by atoms with Gasteiger partial charge in [-0.05, 0) is 43.0 Å². The highest BCUT2D eigenvalue weighted by molar-refractivity contribution is 5.78. The van der Waals surface area contributed by atoms with Gasteiger partial charge in [-0.15, -0.1) is 0 Å². The Kier molecular flexibility index (Phi) is 5.69. The molecule has 2 aromatic carbocycles. The van der Waals surface area contributed by atoms with Gasteiger partial charge < -0.3 is 0 Å². The zero-order valence-electron chi connectivity index (χ0n) is 15.0. The van der Waals surface area contributed by atoms with Crippen molar-refractivity contribution in [3.8, 4) is 0 Å². The van der Waals surface area contributed by atoms with Crippen LogP contribution in [0.4, 0.5) is 13.2 Å². The van der Waals surface area contributed by atoms with Crippen LogP contribution in [0.3, 0.4) is 0 Å². The Morgan fingerprint density at radius 1 is 0.731 bits per heavy atom. The highest BCUT2D eigenvalue weighted by Crippen LogP contribution is 2.46. The molecule has 0 saturated carbocycles. The van der Waals surface area contributed by atoms with Gasteiger partial charge in [-0.25, -0.2) is 0 Å². The second kappa shape index (κ2) is 7.44. The molecule has 0 bridgehead atoms. The van der Waals surface area contributed by atoms with Gasteiger partial charge in [0.05, 0.1) is 0 Å². The fraction of sp³-hybridized carbons (Fsp3) is 0.333. The summed E-state index contributed by atoms with van der Waals surface area (Å²) in [5.41, 5.74) is -0.602. The largest absolute Gasteiger partial charge is 0.402 e. The molecule has 5 heteroatoms. The molecule has 0 atom stereocenters. The van der Waals surface area contributed by atoms with E-state index < -0.39 is 11.6 Å². The first-order valence-corrected chi connectivity index (χ1v) is 8.28. The van der Waals surface area contributed by atoms with Crippen molar-refractivity contribution in [1.29, 1.82) is 0 Å². The van der Waals surface area contributed by atoms with E-state index in [1.165, 1.54) is 38.1 Å². The Labute approximate surface area is 151 Å². The molecule has 0 saturated heterocycles. The molecule has 2 aromatic rings. The monoisotopic (exact) mass is 362 g/mol. The van der Waals surface area contributed by atoms with Crippen molar-refractivity contribution >= 4 is 11.6 Å². The predicted octanol–water partition coefficient (Wildman–Crippen LogP) is 4.82. The molecule has 26 heavy (non-hydrogen) atoms. The van der Waals surface area contributed by atoms with E-state index in [4.69, 9.17) is 0 Å². The Hall–Kier alpha value is -2.43. The van der Waals surface area contributed by atoms with Gasteiger partial charge in [0.15, 0.2) is 0 Å². The lowest BCUT2D eigenvalue weighted by atomic mass is 9.75. The van der Waals surface area contributed by atoms with Crippen molar-refractivity contribution in [1.82, 2.24) is 0 Å². The lowest BCUT2D eigenvalue weighted by Gasteiger charge is -2.33. The predicted molar refractivity (Wildman–Crippen MR) is 94.2 cm³/mol. The van der Waals surface area contributed by atoms with Crippen LogP contribution in [0.15, 0.2) is 48.5 Å². The van der Waals surface area contributed by atoms with E-state index in [0.717, 1.165) is 6.92 Å². The van der Waals surface area contributed by atoms with Gasteiger partial charge in [0.2, 0.25) is 0 Å². The molecular formula is C21H21F3O2. The molecule has 0 N–H and O–H groups in total. The Balaban J connectivity index is 2.45. The summed E-state index contributed by atoms with van der Waals surface area (Å²) in [7, 11) is 0. The van der Waals surface area contributed by atoms with Crippen molar-refractivity contribution in [2.24, 2.45) is 0 Å². The number of carbonyl (C=O) groups is 2.